The van der Waals surface area contributed by atoms with Crippen molar-refractivity contribution in [2.24, 2.45) is 0 Å². The number of halogens is 1. The van der Waals surface area contributed by atoms with Gasteiger partial charge in [0.2, 0.25) is 0 Å². The lowest BCUT2D eigenvalue weighted by molar-refractivity contribution is -0.136. The first-order valence-electron chi connectivity index (χ1n) is 7.81. The first kappa shape index (κ1) is 16.9. The smallest absolute Gasteiger partial charge is 0.313 e. The maximum absolute atomic E-state index is 13.1. The van der Waals surface area contributed by atoms with Crippen molar-refractivity contribution in [2.75, 3.05) is 18.5 Å². The van der Waals surface area contributed by atoms with Gasteiger partial charge in [-0.3, -0.25) is 9.59 Å². The number of carbonyl (C=O) groups is 2. The van der Waals surface area contributed by atoms with Crippen molar-refractivity contribution in [3.63, 3.8) is 0 Å². The van der Waals surface area contributed by atoms with Gasteiger partial charge in [-0.05, 0) is 41.5 Å². The zero-order chi connectivity index (χ0) is 17.8. The van der Waals surface area contributed by atoms with Crippen LogP contribution in [-0.2, 0) is 16.0 Å². The quantitative estimate of drug-likeness (QED) is 0.735. The Morgan fingerprint density at radius 3 is 2.84 bits per heavy atom. The minimum Gasteiger partial charge on any atom is -0.493 e. The van der Waals surface area contributed by atoms with Crippen LogP contribution in [0.15, 0.2) is 42.5 Å². The molecule has 0 fully saturated rings. The summed E-state index contributed by atoms with van der Waals surface area (Å²) < 4.78 is 18.5. The molecule has 6 nitrogen and oxygen atoms in total. The number of amides is 2. The first-order chi connectivity index (χ1) is 12.0. The van der Waals surface area contributed by atoms with Gasteiger partial charge in [0.15, 0.2) is 0 Å². The fourth-order valence-electron chi connectivity index (χ4n) is 2.56. The molecule has 0 aliphatic carbocycles. The first-order valence-corrected chi connectivity index (χ1v) is 7.81. The Kier molecular flexibility index (Phi) is 4.95. The average Bonchev–Trinajstić information content (AvgIpc) is 3.07. The van der Waals surface area contributed by atoms with Crippen LogP contribution in [-0.4, -0.2) is 30.1 Å². The normalized spacial score (nSPS) is 13.5. The number of anilines is 1. The van der Waals surface area contributed by atoms with Crippen LogP contribution in [0, 0.1) is 5.82 Å². The molecule has 1 aliphatic heterocycles. The highest BCUT2D eigenvalue weighted by Crippen LogP contribution is 2.27. The Bertz CT molecular complexity index is 809. The lowest BCUT2D eigenvalue weighted by Crippen LogP contribution is -2.37. The third kappa shape index (κ3) is 4.13. The van der Waals surface area contributed by atoms with E-state index in [1.54, 1.807) is 12.1 Å². The Morgan fingerprint density at radius 1 is 1.20 bits per heavy atom. The SMILES string of the molecule is O=C(NCC(O)c1ccc2c(c1)CCO2)C(=O)Nc1cccc(F)c1. The van der Waals surface area contributed by atoms with Gasteiger partial charge in [-0.15, -0.1) is 0 Å². The molecule has 3 N–H and O–H groups in total. The van der Waals surface area contributed by atoms with Crippen molar-refractivity contribution in [3.8, 4) is 5.75 Å². The number of hydrogen-bond acceptors (Lipinski definition) is 4. The van der Waals surface area contributed by atoms with E-state index < -0.39 is 23.7 Å². The van der Waals surface area contributed by atoms with E-state index in [0.717, 1.165) is 23.8 Å². The molecule has 1 unspecified atom stereocenters. The van der Waals surface area contributed by atoms with Crippen LogP contribution in [0.4, 0.5) is 10.1 Å². The summed E-state index contributed by atoms with van der Waals surface area (Å²) in [6.45, 7) is 0.501. The molecular weight excluding hydrogens is 327 g/mol. The third-order valence-corrected chi connectivity index (χ3v) is 3.84. The monoisotopic (exact) mass is 344 g/mol. The van der Waals surface area contributed by atoms with Crippen LogP contribution in [0.1, 0.15) is 17.2 Å². The van der Waals surface area contributed by atoms with E-state index in [0.29, 0.717) is 12.2 Å². The second-order valence-corrected chi connectivity index (χ2v) is 5.66. The maximum Gasteiger partial charge on any atom is 0.313 e. The summed E-state index contributed by atoms with van der Waals surface area (Å²) in [6, 6.07) is 10.5. The fourth-order valence-corrected chi connectivity index (χ4v) is 2.56. The number of rotatable bonds is 4. The van der Waals surface area contributed by atoms with E-state index in [9.17, 15) is 19.1 Å². The van der Waals surface area contributed by atoms with Gasteiger partial charge in [0, 0.05) is 18.7 Å². The van der Waals surface area contributed by atoms with Crippen LogP contribution < -0.4 is 15.4 Å². The summed E-state index contributed by atoms with van der Waals surface area (Å²) in [5, 5.41) is 14.8. The predicted octanol–water partition coefficient (Wildman–Crippen LogP) is 1.55. The molecule has 2 amide bonds. The van der Waals surface area contributed by atoms with Crippen LogP contribution in [0.5, 0.6) is 5.75 Å². The van der Waals surface area contributed by atoms with E-state index >= 15 is 0 Å². The zero-order valence-corrected chi connectivity index (χ0v) is 13.3. The minimum atomic E-state index is -0.947. The highest BCUT2D eigenvalue weighted by atomic mass is 19.1. The van der Waals surface area contributed by atoms with E-state index in [4.69, 9.17) is 4.74 Å². The second kappa shape index (κ2) is 7.31. The second-order valence-electron chi connectivity index (χ2n) is 5.66. The van der Waals surface area contributed by atoms with Crippen LogP contribution in [0.25, 0.3) is 0 Å². The summed E-state index contributed by atoms with van der Waals surface area (Å²) in [5.74, 6) is -1.56. The molecule has 2 aromatic carbocycles. The highest BCUT2D eigenvalue weighted by molar-refractivity contribution is 6.39. The molecule has 0 radical (unpaired) electrons. The predicted molar refractivity (Wildman–Crippen MR) is 88.6 cm³/mol. The molecule has 0 spiro atoms. The van der Waals surface area contributed by atoms with E-state index in [1.807, 2.05) is 6.07 Å². The number of hydrogen-bond donors (Lipinski definition) is 3. The number of carbonyl (C=O) groups excluding carboxylic acids is 2. The number of nitrogens with one attached hydrogen (secondary N) is 2. The summed E-state index contributed by atoms with van der Waals surface area (Å²) in [5.41, 5.74) is 1.82. The number of fused-ring (bicyclic) bond motifs is 1. The van der Waals surface area contributed by atoms with Crippen LogP contribution >= 0.6 is 0 Å². The topological polar surface area (TPSA) is 87.7 Å². The molecule has 1 heterocycles. The van der Waals surface area contributed by atoms with E-state index in [2.05, 4.69) is 10.6 Å². The maximum atomic E-state index is 13.1. The zero-order valence-electron chi connectivity index (χ0n) is 13.3. The molecule has 130 valence electrons. The van der Waals surface area contributed by atoms with Crippen molar-refractivity contribution in [2.45, 2.75) is 12.5 Å². The number of aliphatic hydroxyl groups is 1. The van der Waals surface area contributed by atoms with Crippen molar-refractivity contribution >= 4 is 17.5 Å². The largest absolute Gasteiger partial charge is 0.493 e. The van der Waals surface area contributed by atoms with Crippen LogP contribution in [0.3, 0.4) is 0 Å². The van der Waals surface area contributed by atoms with Gasteiger partial charge in [-0.25, -0.2) is 4.39 Å². The average molecular weight is 344 g/mol. The van der Waals surface area contributed by atoms with Gasteiger partial charge in [-0.2, -0.15) is 0 Å². The molecule has 1 aliphatic rings. The molecular formula is C18H17FN2O4. The lowest BCUT2D eigenvalue weighted by atomic mass is 10.0. The van der Waals surface area contributed by atoms with Gasteiger partial charge < -0.3 is 20.5 Å². The van der Waals surface area contributed by atoms with Gasteiger partial charge in [0.05, 0.1) is 12.7 Å². The Balaban J connectivity index is 1.53. The Labute approximate surface area is 143 Å². The fraction of sp³-hybridized carbons (Fsp3) is 0.222. The van der Waals surface area contributed by atoms with Gasteiger partial charge in [0.25, 0.3) is 0 Å². The van der Waals surface area contributed by atoms with Gasteiger partial charge >= 0.3 is 11.8 Å². The van der Waals surface area contributed by atoms with Crippen molar-refractivity contribution in [1.29, 1.82) is 0 Å². The van der Waals surface area contributed by atoms with Gasteiger partial charge in [-0.1, -0.05) is 12.1 Å². The van der Waals surface area contributed by atoms with Crippen molar-refractivity contribution in [3.05, 3.63) is 59.4 Å². The van der Waals surface area contributed by atoms with Crippen molar-refractivity contribution < 1.29 is 23.8 Å². The van der Waals surface area contributed by atoms with Crippen molar-refractivity contribution in [1.82, 2.24) is 5.32 Å². The third-order valence-electron chi connectivity index (χ3n) is 3.84. The van der Waals surface area contributed by atoms with Gasteiger partial charge in [0.1, 0.15) is 11.6 Å². The molecule has 25 heavy (non-hydrogen) atoms. The summed E-state index contributed by atoms with van der Waals surface area (Å²) >= 11 is 0. The lowest BCUT2D eigenvalue weighted by Gasteiger charge is -2.13. The molecule has 7 heteroatoms. The van der Waals surface area contributed by atoms with E-state index in [-0.39, 0.29) is 12.2 Å². The minimum absolute atomic E-state index is 0.116. The van der Waals surface area contributed by atoms with Crippen LogP contribution in [0.2, 0.25) is 0 Å². The molecule has 1 atom stereocenters. The molecule has 0 bridgehead atoms. The number of ether oxygens (including phenoxy) is 1. The Morgan fingerprint density at radius 2 is 2.04 bits per heavy atom. The standard InChI is InChI=1S/C18H17FN2O4/c19-13-2-1-3-14(9-13)21-18(24)17(23)20-10-15(22)11-4-5-16-12(8-11)6-7-25-16/h1-5,8-9,15,22H,6-7,10H2,(H,20,23)(H,21,24). The summed E-state index contributed by atoms with van der Waals surface area (Å²) in [4.78, 5) is 23.6. The molecule has 0 saturated carbocycles. The van der Waals surface area contributed by atoms with E-state index in [1.165, 1.54) is 18.2 Å². The molecule has 3 rings (SSSR count). The Hall–Kier alpha value is -2.93. The molecule has 0 saturated heterocycles. The summed E-state index contributed by atoms with van der Waals surface area (Å²) in [6.07, 6.45) is -0.171. The molecule has 0 aromatic heterocycles. The highest BCUT2D eigenvalue weighted by Gasteiger charge is 2.18. The number of benzene rings is 2. The number of aliphatic hydroxyl groups excluding tert-OH is 1. The molecule has 2 aromatic rings. The summed E-state index contributed by atoms with van der Waals surface area (Å²) in [7, 11) is 0.